The summed E-state index contributed by atoms with van der Waals surface area (Å²) >= 11 is 0. The highest BCUT2D eigenvalue weighted by atomic mass is 15.6. The summed E-state index contributed by atoms with van der Waals surface area (Å²) in [6.45, 7) is 7.81. The standard InChI is InChI=1S/C9H23N2/c1-6-8-9(3)10-11(4,5)7-2/h9-10H,6-8H2,1-5H3/q+1/t9-/m1/s1. The maximum Gasteiger partial charge on any atom is 0.0929 e. The molecule has 1 N–H and O–H groups in total. The van der Waals surface area contributed by atoms with E-state index in [-0.39, 0.29) is 0 Å². The maximum absolute atomic E-state index is 3.54. The van der Waals surface area contributed by atoms with Gasteiger partial charge in [-0.3, -0.25) is 4.59 Å². The first-order chi connectivity index (χ1) is 5.02. The third kappa shape index (κ3) is 5.22. The lowest BCUT2D eigenvalue weighted by Crippen LogP contribution is -2.55. The molecule has 0 aliphatic rings. The van der Waals surface area contributed by atoms with Gasteiger partial charge in [-0.05, 0) is 20.3 Å². The number of nitrogens with zero attached hydrogens (tertiary/aromatic N) is 1. The molecule has 0 aliphatic carbocycles. The lowest BCUT2D eigenvalue weighted by atomic mass is 10.2. The Morgan fingerprint density at radius 2 is 1.82 bits per heavy atom. The van der Waals surface area contributed by atoms with E-state index in [2.05, 4.69) is 40.3 Å². The SMILES string of the molecule is CCC[C@@H](C)N[N+](C)(C)CC. The minimum atomic E-state index is 0.634. The van der Waals surface area contributed by atoms with E-state index in [1.54, 1.807) is 0 Å². The highest BCUT2D eigenvalue weighted by molar-refractivity contribution is 4.51. The number of quaternary nitrogens is 1. The van der Waals surface area contributed by atoms with Crippen LogP contribution in [0.15, 0.2) is 0 Å². The van der Waals surface area contributed by atoms with Gasteiger partial charge in [0.25, 0.3) is 0 Å². The van der Waals surface area contributed by atoms with Gasteiger partial charge in [-0.15, -0.1) is 0 Å². The molecular formula is C9H23N2+. The van der Waals surface area contributed by atoms with E-state index < -0.39 is 0 Å². The fraction of sp³-hybridized carbons (Fsp3) is 1.00. The molecule has 1 atom stereocenters. The summed E-state index contributed by atoms with van der Waals surface area (Å²) in [5.74, 6) is 0. The van der Waals surface area contributed by atoms with Gasteiger partial charge in [-0.2, -0.15) is 5.43 Å². The van der Waals surface area contributed by atoms with Gasteiger partial charge < -0.3 is 0 Å². The molecule has 0 saturated heterocycles. The Balaban J connectivity index is 3.64. The summed E-state index contributed by atoms with van der Waals surface area (Å²) in [7, 11) is 4.40. The van der Waals surface area contributed by atoms with E-state index in [1.807, 2.05) is 0 Å². The lowest BCUT2D eigenvalue weighted by Gasteiger charge is -2.31. The Kier molecular flexibility index (Phi) is 4.69. The van der Waals surface area contributed by atoms with Gasteiger partial charge in [0.1, 0.15) is 0 Å². The van der Waals surface area contributed by atoms with Gasteiger partial charge in [0, 0.05) is 0 Å². The largest absolute Gasteiger partial charge is 0.251 e. The van der Waals surface area contributed by atoms with E-state index in [0.717, 1.165) is 11.1 Å². The van der Waals surface area contributed by atoms with Crippen LogP contribution in [0.1, 0.15) is 33.6 Å². The smallest absolute Gasteiger partial charge is 0.0929 e. The second-order valence-electron chi connectivity index (χ2n) is 3.82. The fourth-order valence-corrected chi connectivity index (χ4v) is 1.19. The third-order valence-corrected chi connectivity index (χ3v) is 2.08. The van der Waals surface area contributed by atoms with Crippen LogP contribution in [0.5, 0.6) is 0 Å². The van der Waals surface area contributed by atoms with Crippen LogP contribution in [0.4, 0.5) is 0 Å². The molecule has 0 spiro atoms. The van der Waals surface area contributed by atoms with Crippen molar-refractivity contribution in [2.45, 2.75) is 39.7 Å². The molecule has 2 heteroatoms. The highest BCUT2D eigenvalue weighted by Crippen LogP contribution is 1.99. The Morgan fingerprint density at radius 3 is 2.18 bits per heavy atom. The first-order valence-corrected chi connectivity index (χ1v) is 4.62. The quantitative estimate of drug-likeness (QED) is 0.476. The van der Waals surface area contributed by atoms with Gasteiger partial charge >= 0.3 is 0 Å². The number of hydrogen-bond donors (Lipinski definition) is 1. The average Bonchev–Trinajstić information content (AvgIpc) is 1.87. The minimum absolute atomic E-state index is 0.634. The van der Waals surface area contributed by atoms with Crippen LogP contribution in [0, 0.1) is 0 Å². The average molecular weight is 159 g/mol. The zero-order chi connectivity index (χ0) is 8.91. The number of nitrogens with one attached hydrogen (secondary N) is 1. The molecular weight excluding hydrogens is 136 g/mol. The van der Waals surface area contributed by atoms with Crippen LogP contribution in [0.2, 0.25) is 0 Å². The third-order valence-electron chi connectivity index (χ3n) is 2.08. The number of hydrogen-bond acceptors (Lipinski definition) is 1. The molecule has 0 aromatic heterocycles. The Labute approximate surface area is 71.1 Å². The molecule has 0 aliphatic heterocycles. The van der Waals surface area contributed by atoms with Gasteiger partial charge in [0.15, 0.2) is 0 Å². The summed E-state index contributed by atoms with van der Waals surface area (Å²) in [6, 6.07) is 0.634. The van der Waals surface area contributed by atoms with Gasteiger partial charge in [0.05, 0.1) is 26.7 Å². The Morgan fingerprint density at radius 1 is 1.27 bits per heavy atom. The maximum atomic E-state index is 3.54. The monoisotopic (exact) mass is 159 g/mol. The van der Waals surface area contributed by atoms with Crippen molar-refractivity contribution in [1.82, 2.24) is 5.43 Å². The molecule has 68 valence electrons. The van der Waals surface area contributed by atoms with Crippen molar-refractivity contribution in [3.8, 4) is 0 Å². The van der Waals surface area contributed by atoms with Gasteiger partial charge in [-0.1, -0.05) is 13.3 Å². The van der Waals surface area contributed by atoms with Crippen LogP contribution in [0.25, 0.3) is 0 Å². The predicted molar refractivity (Wildman–Crippen MR) is 50.2 cm³/mol. The van der Waals surface area contributed by atoms with Gasteiger partial charge in [0.2, 0.25) is 0 Å². The molecule has 0 aromatic rings. The van der Waals surface area contributed by atoms with Crippen molar-refractivity contribution in [2.24, 2.45) is 0 Å². The first kappa shape index (κ1) is 10.9. The summed E-state index contributed by atoms with van der Waals surface area (Å²) in [5, 5.41) is 0. The van der Waals surface area contributed by atoms with E-state index in [0.29, 0.717) is 6.04 Å². The van der Waals surface area contributed by atoms with Crippen molar-refractivity contribution < 1.29 is 4.59 Å². The van der Waals surface area contributed by atoms with Crippen LogP contribution in [0.3, 0.4) is 0 Å². The summed E-state index contributed by atoms with van der Waals surface area (Å²) in [5.41, 5.74) is 3.54. The van der Waals surface area contributed by atoms with Gasteiger partial charge in [-0.25, -0.2) is 0 Å². The molecule has 0 fully saturated rings. The van der Waals surface area contributed by atoms with E-state index >= 15 is 0 Å². The molecule has 0 heterocycles. The molecule has 0 saturated carbocycles. The van der Waals surface area contributed by atoms with Crippen LogP contribution in [-0.4, -0.2) is 31.3 Å². The minimum Gasteiger partial charge on any atom is -0.251 e. The Hall–Kier alpha value is -0.0800. The molecule has 0 amide bonds. The normalized spacial score (nSPS) is 15.0. The summed E-state index contributed by atoms with van der Waals surface area (Å²) in [6.07, 6.45) is 2.53. The Bertz CT molecular complexity index is 99.7. The van der Waals surface area contributed by atoms with E-state index in [9.17, 15) is 0 Å². The topological polar surface area (TPSA) is 12.0 Å². The number of rotatable bonds is 5. The summed E-state index contributed by atoms with van der Waals surface area (Å²) in [4.78, 5) is 0. The fourth-order valence-electron chi connectivity index (χ4n) is 1.19. The van der Waals surface area contributed by atoms with Crippen LogP contribution in [-0.2, 0) is 0 Å². The second-order valence-corrected chi connectivity index (χ2v) is 3.82. The van der Waals surface area contributed by atoms with Crippen LogP contribution < -0.4 is 5.43 Å². The summed E-state index contributed by atoms with van der Waals surface area (Å²) < 4.78 is 0.918. The molecule has 11 heavy (non-hydrogen) atoms. The first-order valence-electron chi connectivity index (χ1n) is 4.62. The second kappa shape index (κ2) is 4.73. The van der Waals surface area contributed by atoms with E-state index in [4.69, 9.17) is 0 Å². The van der Waals surface area contributed by atoms with E-state index in [1.165, 1.54) is 12.8 Å². The zero-order valence-corrected chi connectivity index (χ0v) is 8.65. The predicted octanol–water partition coefficient (Wildman–Crippen LogP) is 1.78. The molecule has 0 unspecified atom stereocenters. The highest BCUT2D eigenvalue weighted by Gasteiger charge is 2.14. The lowest BCUT2D eigenvalue weighted by molar-refractivity contribution is -0.935. The molecule has 0 rings (SSSR count). The van der Waals surface area contributed by atoms with Crippen LogP contribution >= 0.6 is 0 Å². The van der Waals surface area contributed by atoms with Crippen molar-refractivity contribution in [1.29, 1.82) is 0 Å². The van der Waals surface area contributed by atoms with Crippen molar-refractivity contribution in [2.75, 3.05) is 20.6 Å². The van der Waals surface area contributed by atoms with Crippen molar-refractivity contribution >= 4 is 0 Å². The zero-order valence-electron chi connectivity index (χ0n) is 8.65. The van der Waals surface area contributed by atoms with Crippen molar-refractivity contribution in [3.63, 3.8) is 0 Å². The molecule has 0 radical (unpaired) electrons. The molecule has 0 bridgehead atoms. The van der Waals surface area contributed by atoms with Crippen molar-refractivity contribution in [3.05, 3.63) is 0 Å². The molecule has 0 aromatic carbocycles. The molecule has 2 nitrogen and oxygen atoms in total.